The van der Waals surface area contributed by atoms with Crippen LogP contribution in [0.3, 0.4) is 0 Å². The summed E-state index contributed by atoms with van der Waals surface area (Å²) in [5.74, 6) is -0.184. The molecule has 1 aromatic carbocycles. The first kappa shape index (κ1) is 17.0. The van der Waals surface area contributed by atoms with Crippen molar-refractivity contribution in [2.45, 2.75) is 30.3 Å². The summed E-state index contributed by atoms with van der Waals surface area (Å²) in [7, 11) is -3.88. The number of pyridine rings is 1. The van der Waals surface area contributed by atoms with E-state index in [0.29, 0.717) is 18.2 Å². The van der Waals surface area contributed by atoms with E-state index in [0.717, 1.165) is 37.2 Å². The molecule has 2 aromatic rings. The lowest BCUT2D eigenvalue weighted by molar-refractivity contribution is 0.0982. The lowest BCUT2D eigenvalue weighted by atomic mass is 9.96. The van der Waals surface area contributed by atoms with Gasteiger partial charge in [0.05, 0.1) is 16.9 Å². The molecule has 1 atom stereocenters. The summed E-state index contributed by atoms with van der Waals surface area (Å²) >= 11 is 0. The number of nitrogens with two attached hydrogens (primary N) is 1. The van der Waals surface area contributed by atoms with Crippen LogP contribution in [0.4, 0.5) is 11.4 Å². The average Bonchev–Trinajstić information content (AvgIpc) is 2.66. The highest BCUT2D eigenvalue weighted by Crippen LogP contribution is 2.39. The van der Waals surface area contributed by atoms with Crippen LogP contribution < -0.4 is 14.9 Å². The number of amides is 1. The van der Waals surface area contributed by atoms with Gasteiger partial charge in [-0.15, -0.1) is 0 Å². The second-order valence-electron chi connectivity index (χ2n) is 6.68. The zero-order chi connectivity index (χ0) is 18.3. The van der Waals surface area contributed by atoms with Gasteiger partial charge in [0.1, 0.15) is 0 Å². The van der Waals surface area contributed by atoms with Crippen molar-refractivity contribution in [1.29, 1.82) is 0 Å². The molecule has 1 aromatic heterocycles. The number of carbonyl (C=O) groups is 1. The number of piperidine rings is 1. The van der Waals surface area contributed by atoms with Gasteiger partial charge in [0.15, 0.2) is 5.03 Å². The maximum atomic E-state index is 13.1. The molecule has 1 unspecified atom stereocenters. The van der Waals surface area contributed by atoms with E-state index < -0.39 is 10.0 Å². The molecule has 3 heterocycles. The van der Waals surface area contributed by atoms with E-state index in [1.807, 2.05) is 18.2 Å². The number of para-hydroxylation sites is 2. The predicted octanol–water partition coefficient (Wildman–Crippen LogP) is 1.75. The summed E-state index contributed by atoms with van der Waals surface area (Å²) < 4.78 is 22.7. The van der Waals surface area contributed by atoms with Crippen LogP contribution in [0.15, 0.2) is 47.6 Å². The minimum Gasteiger partial charge on any atom is -0.365 e. The third kappa shape index (κ3) is 2.95. The lowest BCUT2D eigenvalue weighted by Gasteiger charge is -2.46. The topological polar surface area (TPSA) is 96.6 Å². The average molecular weight is 372 g/mol. The van der Waals surface area contributed by atoms with Crippen molar-refractivity contribution >= 4 is 27.3 Å². The number of rotatable bonds is 2. The monoisotopic (exact) mass is 372 g/mol. The van der Waals surface area contributed by atoms with Crippen molar-refractivity contribution in [3.05, 3.63) is 48.2 Å². The van der Waals surface area contributed by atoms with Crippen LogP contribution in [0.5, 0.6) is 0 Å². The second kappa shape index (κ2) is 6.37. The fraction of sp³-hybridized carbons (Fsp3) is 0.333. The number of nitrogens with zero attached hydrogens (tertiary/aromatic N) is 3. The summed E-state index contributed by atoms with van der Waals surface area (Å²) in [5.41, 5.74) is 2.30. The van der Waals surface area contributed by atoms with Gasteiger partial charge in [0, 0.05) is 25.3 Å². The number of carbonyl (C=O) groups excluding carboxylic acids is 1. The molecule has 1 amide bonds. The Labute approximate surface area is 152 Å². The number of hydrogen-bond donors (Lipinski definition) is 1. The smallest absolute Gasteiger partial charge is 0.259 e. The van der Waals surface area contributed by atoms with E-state index in [1.54, 1.807) is 4.90 Å². The number of benzene rings is 1. The second-order valence-corrected chi connectivity index (χ2v) is 8.19. The number of anilines is 2. The predicted molar refractivity (Wildman–Crippen MR) is 98.7 cm³/mol. The first-order valence-corrected chi connectivity index (χ1v) is 10.2. The van der Waals surface area contributed by atoms with Crippen LogP contribution in [-0.4, -0.2) is 38.4 Å². The van der Waals surface area contributed by atoms with E-state index in [9.17, 15) is 13.2 Å². The highest BCUT2D eigenvalue weighted by molar-refractivity contribution is 7.89. The molecule has 1 fully saturated rings. The first-order valence-electron chi connectivity index (χ1n) is 8.61. The van der Waals surface area contributed by atoms with E-state index >= 15 is 0 Å². The molecule has 0 aliphatic carbocycles. The Morgan fingerprint density at radius 3 is 2.58 bits per heavy atom. The number of fused-ring (bicyclic) bond motifs is 3. The van der Waals surface area contributed by atoms with Crippen molar-refractivity contribution in [2.75, 3.05) is 22.9 Å². The van der Waals surface area contributed by atoms with Gasteiger partial charge in [-0.2, -0.15) is 0 Å². The third-order valence-electron chi connectivity index (χ3n) is 5.02. The fourth-order valence-corrected chi connectivity index (χ4v) is 4.23. The molecule has 0 saturated carbocycles. The van der Waals surface area contributed by atoms with Crippen LogP contribution in [0.25, 0.3) is 0 Å². The van der Waals surface area contributed by atoms with Crippen molar-refractivity contribution in [3.8, 4) is 0 Å². The standard InChI is InChI=1S/C18H20N4O3S/c19-26(24,25)17-9-8-13(11-20-17)18(23)22-12-14-5-3-4-10-21(14)15-6-1-2-7-16(15)22/h1-2,6-9,11,14H,3-5,10,12H2,(H2,19,24,25). The minimum atomic E-state index is -3.88. The van der Waals surface area contributed by atoms with Crippen LogP contribution in [-0.2, 0) is 10.0 Å². The molecule has 0 bridgehead atoms. The van der Waals surface area contributed by atoms with Gasteiger partial charge in [-0.3, -0.25) is 4.79 Å². The number of hydrogen-bond acceptors (Lipinski definition) is 5. The van der Waals surface area contributed by atoms with Gasteiger partial charge in [-0.05, 0) is 43.5 Å². The Hall–Kier alpha value is -2.45. The van der Waals surface area contributed by atoms with E-state index in [2.05, 4.69) is 16.0 Å². The quantitative estimate of drug-likeness (QED) is 0.866. The lowest BCUT2D eigenvalue weighted by Crippen LogP contribution is -2.53. The molecule has 2 aliphatic heterocycles. The molecule has 2 N–H and O–H groups in total. The van der Waals surface area contributed by atoms with E-state index in [1.165, 1.54) is 18.3 Å². The van der Waals surface area contributed by atoms with Crippen LogP contribution in [0.1, 0.15) is 29.6 Å². The molecule has 7 nitrogen and oxygen atoms in total. The Bertz CT molecular complexity index is 943. The maximum absolute atomic E-state index is 13.1. The number of aromatic nitrogens is 1. The van der Waals surface area contributed by atoms with Crippen LogP contribution in [0, 0.1) is 0 Å². The minimum absolute atomic E-state index is 0.184. The van der Waals surface area contributed by atoms with Crippen LogP contribution >= 0.6 is 0 Å². The molecule has 2 aliphatic rings. The summed E-state index contributed by atoms with van der Waals surface area (Å²) in [6.07, 6.45) is 4.66. The van der Waals surface area contributed by atoms with Gasteiger partial charge >= 0.3 is 0 Å². The normalized spacial score (nSPS) is 19.7. The summed E-state index contributed by atoms with van der Waals surface area (Å²) in [6.45, 7) is 1.63. The highest BCUT2D eigenvalue weighted by atomic mass is 32.2. The first-order chi connectivity index (χ1) is 12.4. The van der Waals surface area contributed by atoms with Crippen molar-refractivity contribution < 1.29 is 13.2 Å². The Kier molecular flexibility index (Phi) is 4.16. The SMILES string of the molecule is NS(=O)(=O)c1ccc(C(=O)N2CC3CCCCN3c3ccccc32)cn1. The Balaban J connectivity index is 1.69. The van der Waals surface area contributed by atoms with E-state index in [4.69, 9.17) is 5.14 Å². The molecule has 4 rings (SSSR count). The van der Waals surface area contributed by atoms with Gasteiger partial charge in [-0.25, -0.2) is 18.5 Å². The van der Waals surface area contributed by atoms with Gasteiger partial charge in [-0.1, -0.05) is 12.1 Å². The van der Waals surface area contributed by atoms with E-state index in [-0.39, 0.29) is 10.9 Å². The molecule has 136 valence electrons. The largest absolute Gasteiger partial charge is 0.365 e. The van der Waals surface area contributed by atoms with Crippen molar-refractivity contribution in [1.82, 2.24) is 4.98 Å². The van der Waals surface area contributed by atoms with Crippen molar-refractivity contribution in [3.63, 3.8) is 0 Å². The molecular weight excluding hydrogens is 352 g/mol. The summed E-state index contributed by atoms with van der Waals surface area (Å²) in [5, 5.41) is 4.83. The zero-order valence-corrected chi connectivity index (χ0v) is 15.0. The summed E-state index contributed by atoms with van der Waals surface area (Å²) in [4.78, 5) is 21.1. The van der Waals surface area contributed by atoms with Crippen molar-refractivity contribution in [2.24, 2.45) is 5.14 Å². The number of sulfonamides is 1. The van der Waals surface area contributed by atoms with Gasteiger partial charge in [0.25, 0.3) is 15.9 Å². The molecule has 1 saturated heterocycles. The number of primary sulfonamides is 1. The molecule has 0 spiro atoms. The Morgan fingerprint density at radius 1 is 1.12 bits per heavy atom. The molecule has 0 radical (unpaired) electrons. The Morgan fingerprint density at radius 2 is 1.88 bits per heavy atom. The summed E-state index contributed by atoms with van der Waals surface area (Å²) in [6, 6.07) is 10.9. The molecular formula is C18H20N4O3S. The third-order valence-corrected chi connectivity index (χ3v) is 5.85. The molecule has 8 heteroatoms. The van der Waals surface area contributed by atoms with Gasteiger partial charge in [0.2, 0.25) is 0 Å². The zero-order valence-electron chi connectivity index (χ0n) is 14.2. The maximum Gasteiger partial charge on any atom is 0.259 e. The molecule has 26 heavy (non-hydrogen) atoms. The fourth-order valence-electron chi connectivity index (χ4n) is 3.78. The van der Waals surface area contributed by atoms with Crippen LogP contribution in [0.2, 0.25) is 0 Å². The highest BCUT2D eigenvalue weighted by Gasteiger charge is 2.35. The van der Waals surface area contributed by atoms with Gasteiger partial charge < -0.3 is 9.80 Å².